The van der Waals surface area contributed by atoms with Gasteiger partial charge in [0.15, 0.2) is 0 Å². The number of hydrogen-bond acceptors (Lipinski definition) is 2. The topological polar surface area (TPSA) is 46.2 Å². The minimum absolute atomic E-state index is 0.298. The van der Waals surface area contributed by atoms with Crippen LogP contribution in [0.3, 0.4) is 0 Å². The molecule has 1 N–H and O–H groups in total. The van der Waals surface area contributed by atoms with Gasteiger partial charge in [-0.2, -0.15) is 0 Å². The third kappa shape index (κ3) is 4.16. The summed E-state index contributed by atoms with van der Waals surface area (Å²) in [6, 6.07) is 14.9. The molecule has 0 bridgehead atoms. The molecule has 21 heavy (non-hydrogen) atoms. The van der Waals surface area contributed by atoms with E-state index in [9.17, 15) is 8.42 Å². The van der Waals surface area contributed by atoms with Crippen LogP contribution >= 0.6 is 0 Å². The molecular weight excluding hydrogens is 282 g/mol. The van der Waals surface area contributed by atoms with E-state index in [0.717, 1.165) is 11.1 Å². The molecule has 0 aromatic heterocycles. The lowest BCUT2D eigenvalue weighted by atomic mass is 10.0. The third-order valence-corrected chi connectivity index (χ3v) is 4.86. The maximum Gasteiger partial charge on any atom is 0.240 e. The zero-order chi connectivity index (χ0) is 15.5. The number of sulfonamides is 1. The van der Waals surface area contributed by atoms with E-state index in [1.54, 1.807) is 24.3 Å². The highest BCUT2D eigenvalue weighted by Crippen LogP contribution is 2.15. The normalized spacial score (nSPS) is 11.8. The number of nitrogens with one attached hydrogen (secondary N) is 1. The summed E-state index contributed by atoms with van der Waals surface area (Å²) in [5.41, 5.74) is 3.24. The first kappa shape index (κ1) is 15.7. The fraction of sp³-hybridized carbons (Fsp3) is 0.294. The molecule has 2 aromatic rings. The van der Waals surface area contributed by atoms with Crippen molar-refractivity contribution in [3.05, 3.63) is 65.2 Å². The highest BCUT2D eigenvalue weighted by molar-refractivity contribution is 7.89. The van der Waals surface area contributed by atoms with Gasteiger partial charge in [0.25, 0.3) is 0 Å². The van der Waals surface area contributed by atoms with Gasteiger partial charge in [-0.15, -0.1) is 0 Å². The van der Waals surface area contributed by atoms with Crippen LogP contribution in [0.2, 0.25) is 0 Å². The minimum Gasteiger partial charge on any atom is -0.207 e. The minimum atomic E-state index is -3.45. The Kier molecular flexibility index (Phi) is 4.80. The highest BCUT2D eigenvalue weighted by Gasteiger charge is 2.13. The first-order valence-electron chi connectivity index (χ1n) is 7.03. The standard InChI is InChI=1S/C17H21NO2S/c1-13(2)16-8-6-15(7-9-16)12-18-21(19,20)17-10-4-14(3)5-11-17/h4-11,13,18H,12H2,1-3H3. The van der Waals surface area contributed by atoms with Crippen molar-refractivity contribution in [2.24, 2.45) is 0 Å². The molecule has 2 rings (SSSR count). The predicted octanol–water partition coefficient (Wildman–Crippen LogP) is 3.60. The number of rotatable bonds is 5. The maximum absolute atomic E-state index is 12.2. The average molecular weight is 303 g/mol. The van der Waals surface area contributed by atoms with Crippen LogP contribution in [0.5, 0.6) is 0 Å². The summed E-state index contributed by atoms with van der Waals surface area (Å²) in [7, 11) is -3.45. The van der Waals surface area contributed by atoms with Gasteiger partial charge in [-0.1, -0.05) is 55.8 Å². The Bertz CT molecular complexity index is 687. The van der Waals surface area contributed by atoms with E-state index in [1.807, 2.05) is 31.2 Å². The Morgan fingerprint density at radius 2 is 1.52 bits per heavy atom. The molecule has 0 fully saturated rings. The van der Waals surface area contributed by atoms with E-state index in [4.69, 9.17) is 0 Å². The molecule has 4 heteroatoms. The molecule has 0 aliphatic rings. The molecule has 0 radical (unpaired) electrons. The quantitative estimate of drug-likeness (QED) is 0.917. The molecule has 0 aliphatic carbocycles. The van der Waals surface area contributed by atoms with Gasteiger partial charge < -0.3 is 0 Å². The van der Waals surface area contributed by atoms with Crippen molar-refractivity contribution >= 4 is 10.0 Å². The van der Waals surface area contributed by atoms with E-state index in [1.165, 1.54) is 5.56 Å². The molecule has 0 unspecified atom stereocenters. The van der Waals surface area contributed by atoms with Crippen molar-refractivity contribution < 1.29 is 8.42 Å². The fourth-order valence-corrected chi connectivity index (χ4v) is 3.02. The van der Waals surface area contributed by atoms with Gasteiger partial charge in [-0.3, -0.25) is 0 Å². The van der Waals surface area contributed by atoms with Gasteiger partial charge in [-0.05, 0) is 36.1 Å². The SMILES string of the molecule is Cc1ccc(S(=O)(=O)NCc2ccc(C(C)C)cc2)cc1. The van der Waals surface area contributed by atoms with Crippen LogP contribution in [-0.4, -0.2) is 8.42 Å². The summed E-state index contributed by atoms with van der Waals surface area (Å²) in [5, 5.41) is 0. The van der Waals surface area contributed by atoms with E-state index < -0.39 is 10.0 Å². The Morgan fingerprint density at radius 1 is 0.952 bits per heavy atom. The van der Waals surface area contributed by atoms with Crippen molar-refractivity contribution in [2.45, 2.75) is 38.1 Å². The monoisotopic (exact) mass is 303 g/mol. The molecule has 0 spiro atoms. The molecule has 0 atom stereocenters. The van der Waals surface area contributed by atoms with E-state index in [0.29, 0.717) is 17.4 Å². The van der Waals surface area contributed by atoms with Gasteiger partial charge >= 0.3 is 0 Å². The summed E-state index contributed by atoms with van der Waals surface area (Å²) >= 11 is 0. The molecule has 3 nitrogen and oxygen atoms in total. The summed E-state index contributed by atoms with van der Waals surface area (Å²) in [5.74, 6) is 0.475. The average Bonchev–Trinajstić information content (AvgIpc) is 2.46. The van der Waals surface area contributed by atoms with Crippen molar-refractivity contribution in [2.75, 3.05) is 0 Å². The largest absolute Gasteiger partial charge is 0.240 e. The highest BCUT2D eigenvalue weighted by atomic mass is 32.2. The smallest absolute Gasteiger partial charge is 0.207 e. The van der Waals surface area contributed by atoms with E-state index >= 15 is 0 Å². The molecule has 2 aromatic carbocycles. The van der Waals surface area contributed by atoms with E-state index in [-0.39, 0.29) is 0 Å². The summed E-state index contributed by atoms with van der Waals surface area (Å²) < 4.78 is 27.0. The van der Waals surface area contributed by atoms with Gasteiger partial charge in [0.2, 0.25) is 10.0 Å². The maximum atomic E-state index is 12.2. The summed E-state index contributed by atoms with van der Waals surface area (Å²) in [4.78, 5) is 0.298. The molecule has 0 heterocycles. The van der Waals surface area contributed by atoms with E-state index in [2.05, 4.69) is 18.6 Å². The van der Waals surface area contributed by atoms with Crippen LogP contribution < -0.4 is 4.72 Å². The van der Waals surface area contributed by atoms with Crippen molar-refractivity contribution in [3.63, 3.8) is 0 Å². The Hall–Kier alpha value is -1.65. The number of aryl methyl sites for hydroxylation is 1. The second-order valence-electron chi connectivity index (χ2n) is 5.53. The second kappa shape index (κ2) is 6.41. The van der Waals surface area contributed by atoms with Gasteiger partial charge in [0.05, 0.1) is 4.90 Å². The van der Waals surface area contributed by atoms with Crippen molar-refractivity contribution in [3.8, 4) is 0 Å². The van der Waals surface area contributed by atoms with Crippen LogP contribution in [0.1, 0.15) is 36.5 Å². The van der Waals surface area contributed by atoms with Gasteiger partial charge in [0.1, 0.15) is 0 Å². The molecule has 0 amide bonds. The summed E-state index contributed by atoms with van der Waals surface area (Å²) in [6.07, 6.45) is 0. The first-order chi connectivity index (χ1) is 9.88. The van der Waals surface area contributed by atoms with Gasteiger partial charge in [0, 0.05) is 6.54 Å². The molecule has 0 saturated carbocycles. The lowest BCUT2D eigenvalue weighted by Gasteiger charge is -2.09. The predicted molar refractivity (Wildman–Crippen MR) is 85.7 cm³/mol. The van der Waals surface area contributed by atoms with Crippen LogP contribution in [0.4, 0.5) is 0 Å². The number of benzene rings is 2. The number of hydrogen-bond donors (Lipinski definition) is 1. The zero-order valence-electron chi connectivity index (χ0n) is 12.6. The Labute approximate surface area is 127 Å². The Morgan fingerprint density at radius 3 is 2.05 bits per heavy atom. The summed E-state index contributed by atoms with van der Waals surface area (Å²) in [6.45, 7) is 6.50. The van der Waals surface area contributed by atoms with Crippen LogP contribution in [-0.2, 0) is 16.6 Å². The Balaban J connectivity index is 2.06. The lowest BCUT2D eigenvalue weighted by molar-refractivity contribution is 0.581. The third-order valence-electron chi connectivity index (χ3n) is 3.44. The van der Waals surface area contributed by atoms with Crippen LogP contribution in [0.25, 0.3) is 0 Å². The van der Waals surface area contributed by atoms with Crippen molar-refractivity contribution in [1.82, 2.24) is 4.72 Å². The lowest BCUT2D eigenvalue weighted by Crippen LogP contribution is -2.23. The van der Waals surface area contributed by atoms with Crippen LogP contribution in [0, 0.1) is 6.92 Å². The molecule has 0 saturated heterocycles. The fourth-order valence-electron chi connectivity index (χ4n) is 2.00. The van der Waals surface area contributed by atoms with Crippen LogP contribution in [0.15, 0.2) is 53.4 Å². The van der Waals surface area contributed by atoms with Crippen molar-refractivity contribution in [1.29, 1.82) is 0 Å². The molecule has 0 aliphatic heterocycles. The first-order valence-corrected chi connectivity index (χ1v) is 8.52. The second-order valence-corrected chi connectivity index (χ2v) is 7.30. The van der Waals surface area contributed by atoms with Gasteiger partial charge in [-0.25, -0.2) is 13.1 Å². The molecule has 112 valence electrons. The zero-order valence-corrected chi connectivity index (χ0v) is 13.4. The molecular formula is C17H21NO2S.